The standard InChI is InChI=1S/C19H19N3O4/c1-12-9-10-13(11-15(12)26-3)16(23)21-22-17(24)19(2,20-18(22)25)14-7-5-4-6-8-14/h4-11H,1-3H3,(H,20,25)(H,21,23)/t19-/m1/s1. The Kier molecular flexibility index (Phi) is 4.38. The molecule has 0 saturated carbocycles. The lowest BCUT2D eigenvalue weighted by Crippen LogP contribution is -2.47. The number of ether oxygens (including phenoxy) is 1. The van der Waals surface area contributed by atoms with Crippen LogP contribution in [0.2, 0.25) is 0 Å². The summed E-state index contributed by atoms with van der Waals surface area (Å²) in [5.74, 6) is -0.589. The van der Waals surface area contributed by atoms with Crippen molar-refractivity contribution in [1.82, 2.24) is 15.8 Å². The first-order valence-electron chi connectivity index (χ1n) is 8.04. The first kappa shape index (κ1) is 17.5. The molecule has 4 amide bonds. The third-order valence-corrected chi connectivity index (χ3v) is 4.43. The van der Waals surface area contributed by atoms with Gasteiger partial charge in [-0.05, 0) is 37.1 Å². The molecule has 3 rings (SSSR count). The Balaban J connectivity index is 1.83. The number of nitrogens with one attached hydrogen (secondary N) is 2. The molecule has 7 heteroatoms. The van der Waals surface area contributed by atoms with E-state index in [1.165, 1.54) is 7.11 Å². The van der Waals surface area contributed by atoms with Crippen LogP contribution in [0.25, 0.3) is 0 Å². The Hall–Kier alpha value is -3.35. The van der Waals surface area contributed by atoms with E-state index in [2.05, 4.69) is 10.7 Å². The molecule has 0 radical (unpaired) electrons. The number of hydrazine groups is 1. The summed E-state index contributed by atoms with van der Waals surface area (Å²) in [4.78, 5) is 37.5. The fraction of sp³-hybridized carbons (Fsp3) is 0.211. The Labute approximate surface area is 150 Å². The number of rotatable bonds is 4. The smallest absolute Gasteiger partial charge is 0.344 e. The van der Waals surface area contributed by atoms with E-state index in [-0.39, 0.29) is 5.56 Å². The first-order chi connectivity index (χ1) is 12.4. The maximum Gasteiger partial charge on any atom is 0.344 e. The number of methoxy groups -OCH3 is 1. The summed E-state index contributed by atoms with van der Waals surface area (Å²) < 4.78 is 5.20. The molecule has 1 heterocycles. The summed E-state index contributed by atoms with van der Waals surface area (Å²) in [6.07, 6.45) is 0. The van der Waals surface area contributed by atoms with Gasteiger partial charge in [-0.2, -0.15) is 5.01 Å². The Morgan fingerprint density at radius 3 is 2.50 bits per heavy atom. The second-order valence-electron chi connectivity index (χ2n) is 6.19. The number of imide groups is 1. The van der Waals surface area contributed by atoms with Crippen molar-refractivity contribution < 1.29 is 19.1 Å². The van der Waals surface area contributed by atoms with Crippen LogP contribution in [0.4, 0.5) is 4.79 Å². The minimum Gasteiger partial charge on any atom is -0.496 e. The van der Waals surface area contributed by atoms with Gasteiger partial charge >= 0.3 is 6.03 Å². The summed E-state index contributed by atoms with van der Waals surface area (Å²) in [5.41, 5.74) is 2.91. The van der Waals surface area contributed by atoms with Crippen molar-refractivity contribution in [2.45, 2.75) is 19.4 Å². The van der Waals surface area contributed by atoms with Crippen LogP contribution in [0.15, 0.2) is 48.5 Å². The van der Waals surface area contributed by atoms with Gasteiger partial charge in [-0.3, -0.25) is 15.0 Å². The predicted molar refractivity (Wildman–Crippen MR) is 94.4 cm³/mol. The van der Waals surface area contributed by atoms with Gasteiger partial charge < -0.3 is 10.1 Å². The quantitative estimate of drug-likeness (QED) is 0.824. The molecule has 134 valence electrons. The molecule has 2 aromatic rings. The predicted octanol–water partition coefficient (Wildman–Crippen LogP) is 2.12. The van der Waals surface area contributed by atoms with Crippen molar-refractivity contribution in [2.75, 3.05) is 7.11 Å². The SMILES string of the molecule is COc1cc(C(=O)NN2C(=O)N[C@](C)(c3ccccc3)C2=O)ccc1C. The monoisotopic (exact) mass is 353 g/mol. The van der Waals surface area contributed by atoms with E-state index in [0.717, 1.165) is 5.56 Å². The Morgan fingerprint density at radius 2 is 1.85 bits per heavy atom. The molecule has 2 aromatic carbocycles. The topological polar surface area (TPSA) is 87.7 Å². The van der Waals surface area contributed by atoms with Crippen molar-refractivity contribution >= 4 is 17.8 Å². The van der Waals surface area contributed by atoms with Gasteiger partial charge in [-0.15, -0.1) is 0 Å². The van der Waals surface area contributed by atoms with Crippen LogP contribution in [0.5, 0.6) is 5.75 Å². The van der Waals surface area contributed by atoms with Gasteiger partial charge in [0.15, 0.2) is 0 Å². The maximum absolute atomic E-state index is 12.8. The van der Waals surface area contributed by atoms with E-state index in [1.807, 2.05) is 13.0 Å². The van der Waals surface area contributed by atoms with Gasteiger partial charge in [0.25, 0.3) is 11.8 Å². The molecule has 2 N–H and O–H groups in total. The second kappa shape index (κ2) is 6.51. The zero-order chi connectivity index (χ0) is 18.9. The van der Waals surface area contributed by atoms with E-state index in [0.29, 0.717) is 16.3 Å². The van der Waals surface area contributed by atoms with E-state index < -0.39 is 23.4 Å². The zero-order valence-electron chi connectivity index (χ0n) is 14.7. The molecule has 1 atom stereocenters. The average molecular weight is 353 g/mol. The molecule has 0 unspecified atom stereocenters. The van der Waals surface area contributed by atoms with E-state index in [4.69, 9.17) is 4.74 Å². The zero-order valence-corrected chi connectivity index (χ0v) is 14.7. The van der Waals surface area contributed by atoms with E-state index >= 15 is 0 Å². The minimum atomic E-state index is -1.24. The first-order valence-corrected chi connectivity index (χ1v) is 8.04. The molecule has 0 bridgehead atoms. The van der Waals surface area contributed by atoms with Gasteiger partial charge in [-0.25, -0.2) is 4.79 Å². The molecule has 1 saturated heterocycles. The number of hydrogen-bond donors (Lipinski definition) is 2. The molecule has 0 spiro atoms. The van der Waals surface area contributed by atoms with Gasteiger partial charge in [0.1, 0.15) is 11.3 Å². The lowest BCUT2D eigenvalue weighted by Gasteiger charge is -2.22. The van der Waals surface area contributed by atoms with Crippen molar-refractivity contribution in [2.24, 2.45) is 0 Å². The average Bonchev–Trinajstić information content (AvgIpc) is 2.87. The fourth-order valence-electron chi connectivity index (χ4n) is 2.84. The van der Waals surface area contributed by atoms with Crippen LogP contribution in [-0.2, 0) is 10.3 Å². The van der Waals surface area contributed by atoms with E-state index in [9.17, 15) is 14.4 Å². The van der Waals surface area contributed by atoms with Gasteiger partial charge in [0.2, 0.25) is 0 Å². The fourth-order valence-corrected chi connectivity index (χ4v) is 2.84. The number of urea groups is 1. The summed E-state index contributed by atoms with van der Waals surface area (Å²) >= 11 is 0. The molecular formula is C19H19N3O4. The third kappa shape index (κ3) is 2.88. The number of hydrogen-bond acceptors (Lipinski definition) is 4. The molecule has 1 aliphatic rings. The number of carbonyl (C=O) groups is 3. The summed E-state index contributed by atoms with van der Waals surface area (Å²) in [6.45, 7) is 3.45. The third-order valence-electron chi connectivity index (χ3n) is 4.43. The molecule has 0 aliphatic carbocycles. The highest BCUT2D eigenvalue weighted by molar-refractivity contribution is 6.09. The lowest BCUT2D eigenvalue weighted by molar-refractivity contribution is -0.132. The lowest BCUT2D eigenvalue weighted by atomic mass is 9.92. The molecule has 7 nitrogen and oxygen atoms in total. The highest BCUT2D eigenvalue weighted by atomic mass is 16.5. The summed E-state index contributed by atoms with van der Waals surface area (Å²) in [7, 11) is 1.51. The molecule has 1 fully saturated rings. The number of benzene rings is 2. The van der Waals surface area contributed by atoms with Gasteiger partial charge in [0.05, 0.1) is 7.11 Å². The highest BCUT2D eigenvalue weighted by Crippen LogP contribution is 2.28. The van der Waals surface area contributed by atoms with Crippen molar-refractivity contribution in [1.29, 1.82) is 0 Å². The highest BCUT2D eigenvalue weighted by Gasteiger charge is 2.50. The number of aryl methyl sites for hydroxylation is 1. The van der Waals surface area contributed by atoms with Crippen LogP contribution in [0.1, 0.15) is 28.4 Å². The molecular weight excluding hydrogens is 334 g/mol. The normalized spacial score (nSPS) is 19.3. The molecule has 0 aromatic heterocycles. The maximum atomic E-state index is 12.8. The van der Waals surface area contributed by atoms with Crippen LogP contribution in [-0.4, -0.2) is 30.0 Å². The van der Waals surface area contributed by atoms with Crippen molar-refractivity contribution in [3.63, 3.8) is 0 Å². The van der Waals surface area contributed by atoms with Gasteiger partial charge in [0, 0.05) is 5.56 Å². The minimum absolute atomic E-state index is 0.279. The van der Waals surface area contributed by atoms with Crippen LogP contribution >= 0.6 is 0 Å². The summed E-state index contributed by atoms with van der Waals surface area (Å²) in [5, 5.41) is 3.34. The Morgan fingerprint density at radius 1 is 1.15 bits per heavy atom. The number of nitrogens with zero attached hydrogens (tertiary/aromatic N) is 1. The number of amides is 4. The van der Waals surface area contributed by atoms with Crippen LogP contribution in [0, 0.1) is 6.92 Å². The van der Waals surface area contributed by atoms with Crippen LogP contribution in [0.3, 0.4) is 0 Å². The van der Waals surface area contributed by atoms with Crippen LogP contribution < -0.4 is 15.5 Å². The second-order valence-corrected chi connectivity index (χ2v) is 6.19. The van der Waals surface area contributed by atoms with E-state index in [1.54, 1.807) is 49.4 Å². The molecule has 26 heavy (non-hydrogen) atoms. The number of carbonyl (C=O) groups excluding carboxylic acids is 3. The van der Waals surface area contributed by atoms with Crippen molar-refractivity contribution in [3.8, 4) is 5.75 Å². The summed E-state index contributed by atoms with van der Waals surface area (Å²) in [6, 6.07) is 13.1. The van der Waals surface area contributed by atoms with Gasteiger partial charge in [-0.1, -0.05) is 36.4 Å². The Bertz CT molecular complexity index is 882. The van der Waals surface area contributed by atoms with Crippen molar-refractivity contribution in [3.05, 3.63) is 65.2 Å². The largest absolute Gasteiger partial charge is 0.496 e. The molecule has 1 aliphatic heterocycles.